The maximum Gasteiger partial charge on any atom is 0.310 e. The van der Waals surface area contributed by atoms with Crippen molar-refractivity contribution in [2.75, 3.05) is 6.54 Å². The lowest BCUT2D eigenvalue weighted by molar-refractivity contribution is -0.152. The molecular formula is C13H23NO3. The van der Waals surface area contributed by atoms with Gasteiger partial charge in [-0.25, -0.2) is 0 Å². The molecule has 0 aromatic carbocycles. The number of carbonyl (C=O) groups is 2. The van der Waals surface area contributed by atoms with Gasteiger partial charge >= 0.3 is 5.97 Å². The average molecular weight is 241 g/mol. The van der Waals surface area contributed by atoms with E-state index in [1.165, 1.54) is 0 Å². The van der Waals surface area contributed by atoms with E-state index in [9.17, 15) is 14.7 Å². The number of amides is 1. The van der Waals surface area contributed by atoms with Crippen LogP contribution in [-0.2, 0) is 9.59 Å². The molecule has 0 unspecified atom stereocenters. The number of rotatable bonds is 5. The molecule has 2 N–H and O–H groups in total. The van der Waals surface area contributed by atoms with Gasteiger partial charge in [-0.2, -0.15) is 0 Å². The Morgan fingerprint density at radius 2 is 1.76 bits per heavy atom. The lowest BCUT2D eigenvalue weighted by atomic mass is 9.77. The van der Waals surface area contributed by atoms with Crippen LogP contribution in [0, 0.1) is 5.41 Å². The Labute approximate surface area is 103 Å². The van der Waals surface area contributed by atoms with Crippen molar-refractivity contribution in [1.82, 2.24) is 5.32 Å². The van der Waals surface area contributed by atoms with E-state index in [-0.39, 0.29) is 12.3 Å². The maximum absolute atomic E-state index is 11.7. The third-order valence-corrected chi connectivity index (χ3v) is 3.59. The summed E-state index contributed by atoms with van der Waals surface area (Å²) in [6.07, 6.45) is 6.33. The van der Waals surface area contributed by atoms with Gasteiger partial charge in [0.25, 0.3) is 0 Å². The van der Waals surface area contributed by atoms with Crippen molar-refractivity contribution in [3.63, 3.8) is 0 Å². The predicted octanol–water partition coefficient (Wildman–Crippen LogP) is 2.33. The lowest BCUT2D eigenvalue weighted by Crippen LogP contribution is -2.37. The van der Waals surface area contributed by atoms with Crippen molar-refractivity contribution < 1.29 is 14.7 Å². The van der Waals surface area contributed by atoms with Crippen molar-refractivity contribution in [1.29, 1.82) is 0 Å². The summed E-state index contributed by atoms with van der Waals surface area (Å²) in [7, 11) is 0. The molecule has 0 heterocycles. The highest BCUT2D eigenvalue weighted by Gasteiger charge is 2.40. The van der Waals surface area contributed by atoms with Gasteiger partial charge in [0.1, 0.15) is 0 Å². The van der Waals surface area contributed by atoms with Gasteiger partial charge in [0.05, 0.1) is 5.41 Å². The summed E-state index contributed by atoms with van der Waals surface area (Å²) < 4.78 is 0. The molecule has 1 amide bonds. The Bertz CT molecular complexity index is 268. The van der Waals surface area contributed by atoms with Gasteiger partial charge in [-0.3, -0.25) is 9.59 Å². The van der Waals surface area contributed by atoms with Crippen LogP contribution < -0.4 is 5.32 Å². The van der Waals surface area contributed by atoms with Gasteiger partial charge < -0.3 is 10.4 Å². The summed E-state index contributed by atoms with van der Waals surface area (Å²) in [5.74, 6) is -0.915. The first-order valence-electron chi connectivity index (χ1n) is 6.61. The van der Waals surface area contributed by atoms with E-state index in [2.05, 4.69) is 5.32 Å². The standard InChI is InChI=1S/C13H23NO3/c1-2-9-14-11(15)10-13(12(16)17)7-5-3-4-6-8-13/h2-10H2,1H3,(H,14,15)(H,16,17). The molecule has 0 aliphatic heterocycles. The fraction of sp³-hybridized carbons (Fsp3) is 0.846. The van der Waals surface area contributed by atoms with E-state index in [0.29, 0.717) is 19.4 Å². The van der Waals surface area contributed by atoms with Crippen LogP contribution in [0.1, 0.15) is 58.3 Å². The van der Waals surface area contributed by atoms with Gasteiger partial charge in [-0.1, -0.05) is 32.6 Å². The molecule has 1 aliphatic carbocycles. The van der Waals surface area contributed by atoms with Gasteiger partial charge in [-0.05, 0) is 19.3 Å². The summed E-state index contributed by atoms with van der Waals surface area (Å²) in [5.41, 5.74) is -0.811. The van der Waals surface area contributed by atoms with Crippen molar-refractivity contribution in [3.05, 3.63) is 0 Å². The molecule has 0 atom stereocenters. The first-order valence-corrected chi connectivity index (χ1v) is 6.61. The zero-order valence-corrected chi connectivity index (χ0v) is 10.6. The largest absolute Gasteiger partial charge is 0.481 e. The Morgan fingerprint density at radius 1 is 1.18 bits per heavy atom. The van der Waals surface area contributed by atoms with Crippen LogP contribution in [0.3, 0.4) is 0 Å². The van der Waals surface area contributed by atoms with E-state index in [4.69, 9.17) is 0 Å². The summed E-state index contributed by atoms with van der Waals surface area (Å²) >= 11 is 0. The monoisotopic (exact) mass is 241 g/mol. The number of hydrogen-bond donors (Lipinski definition) is 2. The zero-order chi connectivity index (χ0) is 12.7. The van der Waals surface area contributed by atoms with E-state index >= 15 is 0 Å². The van der Waals surface area contributed by atoms with Gasteiger partial charge in [0.2, 0.25) is 5.91 Å². The van der Waals surface area contributed by atoms with E-state index in [1.54, 1.807) is 0 Å². The SMILES string of the molecule is CCCNC(=O)CC1(C(=O)O)CCCCCC1. The Hall–Kier alpha value is -1.06. The highest BCUT2D eigenvalue weighted by molar-refractivity contribution is 5.84. The quantitative estimate of drug-likeness (QED) is 0.726. The first kappa shape index (κ1) is 14.0. The highest BCUT2D eigenvalue weighted by atomic mass is 16.4. The van der Waals surface area contributed by atoms with E-state index in [0.717, 1.165) is 32.1 Å². The summed E-state index contributed by atoms with van der Waals surface area (Å²) in [4.78, 5) is 23.2. The topological polar surface area (TPSA) is 66.4 Å². The van der Waals surface area contributed by atoms with Crippen LogP contribution in [0.5, 0.6) is 0 Å². The molecule has 0 aromatic rings. The molecule has 0 bridgehead atoms. The first-order chi connectivity index (χ1) is 8.10. The molecule has 1 aliphatic rings. The van der Waals surface area contributed by atoms with Crippen LogP contribution in [0.15, 0.2) is 0 Å². The Balaban J connectivity index is 2.63. The van der Waals surface area contributed by atoms with Crippen molar-refractivity contribution in [3.8, 4) is 0 Å². The minimum atomic E-state index is -0.811. The van der Waals surface area contributed by atoms with Crippen LogP contribution in [-0.4, -0.2) is 23.5 Å². The Morgan fingerprint density at radius 3 is 2.24 bits per heavy atom. The van der Waals surface area contributed by atoms with Crippen molar-refractivity contribution >= 4 is 11.9 Å². The number of carboxylic acid groups (broad SMARTS) is 1. The molecule has 1 fully saturated rings. The van der Waals surface area contributed by atoms with Gasteiger partial charge in [0, 0.05) is 13.0 Å². The summed E-state index contributed by atoms with van der Waals surface area (Å²) in [6.45, 7) is 2.62. The third kappa shape index (κ3) is 4.02. The molecule has 4 nitrogen and oxygen atoms in total. The molecule has 4 heteroatoms. The van der Waals surface area contributed by atoms with Crippen LogP contribution in [0.25, 0.3) is 0 Å². The van der Waals surface area contributed by atoms with Crippen molar-refractivity contribution in [2.24, 2.45) is 5.41 Å². The number of nitrogens with one attached hydrogen (secondary N) is 1. The zero-order valence-electron chi connectivity index (χ0n) is 10.6. The highest BCUT2D eigenvalue weighted by Crippen LogP contribution is 2.38. The normalized spacial score (nSPS) is 19.4. The second kappa shape index (κ2) is 6.62. The van der Waals surface area contributed by atoms with Crippen LogP contribution in [0.2, 0.25) is 0 Å². The number of carbonyl (C=O) groups excluding carboxylic acids is 1. The molecular weight excluding hydrogens is 218 g/mol. The molecule has 1 saturated carbocycles. The van der Waals surface area contributed by atoms with Gasteiger partial charge in [0.15, 0.2) is 0 Å². The Kier molecular flexibility index (Phi) is 5.45. The minimum absolute atomic E-state index is 0.115. The van der Waals surface area contributed by atoms with Crippen LogP contribution >= 0.6 is 0 Å². The minimum Gasteiger partial charge on any atom is -0.481 e. The molecule has 98 valence electrons. The lowest BCUT2D eigenvalue weighted by Gasteiger charge is -2.27. The molecule has 1 rings (SSSR count). The number of aliphatic carboxylic acids is 1. The molecule has 17 heavy (non-hydrogen) atoms. The van der Waals surface area contributed by atoms with Gasteiger partial charge in [-0.15, -0.1) is 0 Å². The molecule has 0 spiro atoms. The number of hydrogen-bond acceptors (Lipinski definition) is 2. The number of carboxylic acids is 1. The fourth-order valence-corrected chi connectivity index (χ4v) is 2.51. The maximum atomic E-state index is 11.7. The fourth-order valence-electron chi connectivity index (χ4n) is 2.51. The second-order valence-corrected chi connectivity index (χ2v) is 5.03. The van der Waals surface area contributed by atoms with E-state index in [1.807, 2.05) is 6.92 Å². The van der Waals surface area contributed by atoms with E-state index < -0.39 is 11.4 Å². The second-order valence-electron chi connectivity index (χ2n) is 5.03. The molecule has 0 aromatic heterocycles. The smallest absolute Gasteiger partial charge is 0.310 e. The summed E-state index contributed by atoms with van der Waals surface area (Å²) in [5, 5.41) is 12.2. The summed E-state index contributed by atoms with van der Waals surface area (Å²) in [6, 6.07) is 0. The average Bonchev–Trinajstić information content (AvgIpc) is 2.53. The van der Waals surface area contributed by atoms with Crippen LogP contribution in [0.4, 0.5) is 0 Å². The third-order valence-electron chi connectivity index (χ3n) is 3.59. The van der Waals surface area contributed by atoms with Crippen molar-refractivity contribution in [2.45, 2.75) is 58.3 Å². The predicted molar refractivity (Wildman–Crippen MR) is 65.7 cm³/mol. The molecule has 0 saturated heterocycles. The molecule has 0 radical (unpaired) electrons.